The molecule has 2 heterocycles. The molecule has 0 bridgehead atoms. The largest absolute Gasteiger partial charge is 0.494 e. The highest BCUT2D eigenvalue weighted by molar-refractivity contribution is 5.97. The van der Waals surface area contributed by atoms with Gasteiger partial charge in [-0.3, -0.25) is 4.79 Å². The zero-order chi connectivity index (χ0) is 12.8. The Morgan fingerprint density at radius 3 is 3.00 bits per heavy atom. The molecular formula is C13H18N2O3. The van der Waals surface area contributed by atoms with E-state index in [2.05, 4.69) is 10.3 Å². The van der Waals surface area contributed by atoms with Crippen LogP contribution in [0, 0.1) is 0 Å². The molecule has 0 aliphatic carbocycles. The Balaban J connectivity index is 1.90. The average Bonchev–Trinajstić information content (AvgIpc) is 2.45. The lowest BCUT2D eigenvalue weighted by atomic mass is 10.1. The molecule has 0 radical (unpaired) electrons. The highest BCUT2D eigenvalue weighted by Crippen LogP contribution is 2.16. The summed E-state index contributed by atoms with van der Waals surface area (Å²) in [6.07, 6.45) is 3.66. The summed E-state index contributed by atoms with van der Waals surface area (Å²) in [5.41, 5.74) is 0.342. The van der Waals surface area contributed by atoms with Crippen molar-refractivity contribution in [2.75, 3.05) is 26.8 Å². The van der Waals surface area contributed by atoms with Gasteiger partial charge in [-0.05, 0) is 38.1 Å². The quantitative estimate of drug-likeness (QED) is 0.791. The number of aromatic nitrogens is 1. The molecule has 0 spiro atoms. The molecule has 5 heteroatoms. The molecular weight excluding hydrogens is 232 g/mol. The van der Waals surface area contributed by atoms with Crippen molar-refractivity contribution < 1.29 is 14.3 Å². The molecule has 0 amide bonds. The molecule has 0 aromatic carbocycles. The molecule has 1 aliphatic rings. The van der Waals surface area contributed by atoms with Gasteiger partial charge in [0.05, 0.1) is 13.2 Å². The van der Waals surface area contributed by atoms with Crippen molar-refractivity contribution >= 4 is 5.78 Å². The second-order valence-corrected chi connectivity index (χ2v) is 4.24. The van der Waals surface area contributed by atoms with Crippen molar-refractivity contribution in [1.82, 2.24) is 10.3 Å². The topological polar surface area (TPSA) is 60.5 Å². The number of hydrogen-bond donors (Lipinski definition) is 1. The van der Waals surface area contributed by atoms with Crippen LogP contribution in [0.2, 0.25) is 0 Å². The molecule has 1 aromatic heterocycles. The first kappa shape index (κ1) is 13.0. The van der Waals surface area contributed by atoms with E-state index in [0.717, 1.165) is 25.9 Å². The lowest BCUT2D eigenvalue weighted by Crippen LogP contribution is -2.33. The zero-order valence-electron chi connectivity index (χ0n) is 10.5. The third-order valence-electron chi connectivity index (χ3n) is 2.99. The molecule has 1 N–H and O–H groups in total. The highest BCUT2D eigenvalue weighted by Gasteiger charge is 2.18. The van der Waals surface area contributed by atoms with Crippen LogP contribution in [0.4, 0.5) is 0 Å². The summed E-state index contributed by atoms with van der Waals surface area (Å²) in [4.78, 5) is 16.0. The van der Waals surface area contributed by atoms with E-state index in [1.165, 1.54) is 7.11 Å². The van der Waals surface area contributed by atoms with Gasteiger partial charge in [-0.25, -0.2) is 4.98 Å². The molecule has 1 fully saturated rings. The minimum Gasteiger partial charge on any atom is -0.494 e. The number of piperidine rings is 1. The van der Waals surface area contributed by atoms with Gasteiger partial charge in [0.2, 0.25) is 5.78 Å². The summed E-state index contributed by atoms with van der Waals surface area (Å²) in [5.74, 6) is 0.363. The van der Waals surface area contributed by atoms with E-state index < -0.39 is 0 Å². The van der Waals surface area contributed by atoms with Crippen LogP contribution in [0.1, 0.15) is 23.3 Å². The molecule has 98 valence electrons. The van der Waals surface area contributed by atoms with E-state index in [1.54, 1.807) is 18.3 Å². The monoisotopic (exact) mass is 250 g/mol. The molecule has 0 saturated carbocycles. The van der Waals surface area contributed by atoms with E-state index >= 15 is 0 Å². The van der Waals surface area contributed by atoms with Crippen molar-refractivity contribution in [3.63, 3.8) is 0 Å². The fraction of sp³-hybridized carbons (Fsp3) is 0.538. The van der Waals surface area contributed by atoms with Crippen LogP contribution < -0.4 is 10.1 Å². The summed E-state index contributed by atoms with van der Waals surface area (Å²) in [6, 6.07) is 3.47. The van der Waals surface area contributed by atoms with Gasteiger partial charge in [-0.2, -0.15) is 0 Å². The number of methoxy groups -OCH3 is 1. The fourth-order valence-electron chi connectivity index (χ4n) is 1.99. The Morgan fingerprint density at radius 2 is 2.28 bits per heavy atom. The van der Waals surface area contributed by atoms with Crippen molar-refractivity contribution in [2.24, 2.45) is 0 Å². The molecule has 1 saturated heterocycles. The van der Waals surface area contributed by atoms with E-state index in [0.29, 0.717) is 11.4 Å². The number of ketones is 1. The number of carbonyl (C=O) groups is 1. The van der Waals surface area contributed by atoms with Gasteiger partial charge in [0.1, 0.15) is 12.4 Å². The first-order valence-corrected chi connectivity index (χ1v) is 6.16. The van der Waals surface area contributed by atoms with Crippen LogP contribution in [0.15, 0.2) is 18.3 Å². The number of nitrogens with zero attached hydrogens (tertiary/aromatic N) is 1. The fourth-order valence-corrected chi connectivity index (χ4v) is 1.99. The number of hydrogen-bond acceptors (Lipinski definition) is 5. The number of rotatable bonds is 5. The summed E-state index contributed by atoms with van der Waals surface area (Å²) in [5, 5.41) is 3.26. The zero-order valence-corrected chi connectivity index (χ0v) is 10.5. The molecule has 0 unspecified atom stereocenters. The van der Waals surface area contributed by atoms with Crippen LogP contribution in [0.25, 0.3) is 0 Å². The normalized spacial score (nSPS) is 16.5. The number of Topliss-reactive ketones (excluding diaryl/α,β-unsaturated/α-hetero) is 1. The minimum atomic E-state index is -0.133. The summed E-state index contributed by atoms with van der Waals surface area (Å²) < 4.78 is 10.7. The SMILES string of the molecule is COc1cccnc1C(=O)COC1CCNCC1. The van der Waals surface area contributed by atoms with Crippen molar-refractivity contribution in [3.8, 4) is 5.75 Å². The predicted octanol–water partition coefficient (Wildman–Crippen LogP) is 1.04. The summed E-state index contributed by atoms with van der Waals surface area (Å²) in [7, 11) is 1.53. The predicted molar refractivity (Wildman–Crippen MR) is 67.0 cm³/mol. The Bertz CT molecular complexity index is 403. The van der Waals surface area contributed by atoms with Crippen molar-refractivity contribution in [2.45, 2.75) is 18.9 Å². The van der Waals surface area contributed by atoms with Gasteiger partial charge in [-0.1, -0.05) is 0 Å². The number of ether oxygens (including phenoxy) is 2. The smallest absolute Gasteiger partial charge is 0.210 e. The van der Waals surface area contributed by atoms with Crippen LogP contribution in [0.5, 0.6) is 5.75 Å². The van der Waals surface area contributed by atoms with Crippen LogP contribution >= 0.6 is 0 Å². The van der Waals surface area contributed by atoms with Gasteiger partial charge < -0.3 is 14.8 Å². The van der Waals surface area contributed by atoms with Crippen molar-refractivity contribution in [1.29, 1.82) is 0 Å². The number of pyridine rings is 1. The van der Waals surface area contributed by atoms with E-state index in [9.17, 15) is 4.79 Å². The first-order chi connectivity index (χ1) is 8.81. The lowest BCUT2D eigenvalue weighted by molar-refractivity contribution is 0.0313. The molecule has 0 atom stereocenters. The lowest BCUT2D eigenvalue weighted by Gasteiger charge is -2.22. The van der Waals surface area contributed by atoms with Crippen LogP contribution in [-0.4, -0.2) is 43.7 Å². The Kier molecular flexibility index (Phi) is 4.66. The average molecular weight is 250 g/mol. The van der Waals surface area contributed by atoms with Gasteiger partial charge in [0.15, 0.2) is 5.69 Å². The molecule has 1 aliphatic heterocycles. The molecule has 2 rings (SSSR count). The van der Waals surface area contributed by atoms with Crippen LogP contribution in [-0.2, 0) is 4.74 Å². The molecule has 1 aromatic rings. The third-order valence-corrected chi connectivity index (χ3v) is 2.99. The third kappa shape index (κ3) is 3.27. The van der Waals surface area contributed by atoms with Gasteiger partial charge in [-0.15, -0.1) is 0 Å². The van der Waals surface area contributed by atoms with E-state index in [1.807, 2.05) is 0 Å². The first-order valence-electron chi connectivity index (χ1n) is 6.16. The summed E-state index contributed by atoms with van der Waals surface area (Å²) >= 11 is 0. The maximum atomic E-state index is 12.0. The standard InChI is InChI=1S/C13H18N2O3/c1-17-12-3-2-6-15-13(12)11(16)9-18-10-4-7-14-8-5-10/h2-3,6,10,14H,4-5,7-9H2,1H3. The Hall–Kier alpha value is -1.46. The van der Waals surface area contributed by atoms with Crippen molar-refractivity contribution in [3.05, 3.63) is 24.0 Å². The maximum Gasteiger partial charge on any atom is 0.210 e. The summed E-state index contributed by atoms with van der Waals surface area (Å²) in [6.45, 7) is 1.97. The van der Waals surface area contributed by atoms with E-state index in [4.69, 9.17) is 9.47 Å². The Morgan fingerprint density at radius 1 is 1.50 bits per heavy atom. The minimum absolute atomic E-state index is 0.0675. The number of nitrogens with one attached hydrogen (secondary N) is 1. The Labute approximate surface area is 107 Å². The second-order valence-electron chi connectivity index (χ2n) is 4.24. The highest BCUT2D eigenvalue weighted by atomic mass is 16.5. The van der Waals surface area contributed by atoms with E-state index in [-0.39, 0.29) is 18.5 Å². The van der Waals surface area contributed by atoms with Gasteiger partial charge in [0.25, 0.3) is 0 Å². The second kappa shape index (κ2) is 6.47. The maximum absolute atomic E-state index is 12.0. The van der Waals surface area contributed by atoms with Gasteiger partial charge in [0, 0.05) is 6.20 Å². The molecule has 18 heavy (non-hydrogen) atoms. The molecule has 5 nitrogen and oxygen atoms in total. The number of carbonyl (C=O) groups excluding carboxylic acids is 1. The van der Waals surface area contributed by atoms with Gasteiger partial charge >= 0.3 is 0 Å². The van der Waals surface area contributed by atoms with Crippen LogP contribution in [0.3, 0.4) is 0 Å².